The summed E-state index contributed by atoms with van der Waals surface area (Å²) in [6.07, 6.45) is 2.62. The molecule has 0 saturated carbocycles. The number of aromatic hydroxyl groups is 1. The fourth-order valence-electron chi connectivity index (χ4n) is 2.24. The summed E-state index contributed by atoms with van der Waals surface area (Å²) in [6, 6.07) is 12.4. The number of thiophene rings is 1. The number of carbonyl (C=O) groups is 1. The van der Waals surface area contributed by atoms with Gasteiger partial charge in [0.15, 0.2) is 0 Å². The minimum Gasteiger partial charge on any atom is -0.508 e. The van der Waals surface area contributed by atoms with Crippen LogP contribution in [0, 0.1) is 6.92 Å². The Morgan fingerprint density at radius 1 is 1.17 bits per heavy atom. The summed E-state index contributed by atoms with van der Waals surface area (Å²) in [5.41, 5.74) is 0.788. The number of phenols is 1. The molecule has 3 rings (SSSR count). The van der Waals surface area contributed by atoms with Crippen LogP contribution >= 0.6 is 11.3 Å². The number of ether oxygens (including phenoxy) is 1. The first-order valence-electron chi connectivity index (χ1n) is 6.94. The molecule has 0 aliphatic carbocycles. The van der Waals surface area contributed by atoms with Crippen molar-refractivity contribution < 1.29 is 19.7 Å². The van der Waals surface area contributed by atoms with Crippen LogP contribution in [-0.4, -0.2) is 16.2 Å². The molecule has 2 N–H and O–H groups in total. The summed E-state index contributed by atoms with van der Waals surface area (Å²) >= 11 is 1.57. The van der Waals surface area contributed by atoms with E-state index in [1.165, 1.54) is 6.08 Å². The van der Waals surface area contributed by atoms with Crippen LogP contribution in [0.1, 0.15) is 10.4 Å². The molecule has 0 bridgehead atoms. The van der Waals surface area contributed by atoms with Crippen LogP contribution in [0.5, 0.6) is 17.2 Å². The first-order valence-corrected chi connectivity index (χ1v) is 7.75. The molecule has 0 spiro atoms. The van der Waals surface area contributed by atoms with E-state index in [-0.39, 0.29) is 5.75 Å². The smallest absolute Gasteiger partial charge is 0.328 e. The highest BCUT2D eigenvalue weighted by Crippen LogP contribution is 2.40. The lowest BCUT2D eigenvalue weighted by Gasteiger charge is -2.06. The van der Waals surface area contributed by atoms with Crippen LogP contribution in [0.15, 0.2) is 48.5 Å². The van der Waals surface area contributed by atoms with E-state index >= 15 is 0 Å². The summed E-state index contributed by atoms with van der Waals surface area (Å²) in [6.45, 7) is 1.97. The van der Waals surface area contributed by atoms with Crippen molar-refractivity contribution in [3.63, 3.8) is 0 Å². The second-order valence-electron chi connectivity index (χ2n) is 5.01. The highest BCUT2D eigenvalue weighted by atomic mass is 32.1. The average Bonchev–Trinajstić information content (AvgIpc) is 2.81. The van der Waals surface area contributed by atoms with Gasteiger partial charge in [-0.15, -0.1) is 11.3 Å². The Labute approximate surface area is 136 Å². The first-order chi connectivity index (χ1) is 11.0. The second-order valence-corrected chi connectivity index (χ2v) is 6.27. The Morgan fingerprint density at radius 2 is 1.91 bits per heavy atom. The number of benzene rings is 2. The average molecular weight is 326 g/mol. The monoisotopic (exact) mass is 326 g/mol. The number of hydrogen-bond acceptors (Lipinski definition) is 4. The molecular formula is C18H14O4S. The topological polar surface area (TPSA) is 66.8 Å². The lowest BCUT2D eigenvalue weighted by Crippen LogP contribution is -1.87. The van der Waals surface area contributed by atoms with Gasteiger partial charge in [0, 0.05) is 21.0 Å². The highest BCUT2D eigenvalue weighted by Gasteiger charge is 2.11. The van der Waals surface area contributed by atoms with Crippen LogP contribution in [0.2, 0.25) is 0 Å². The van der Waals surface area contributed by atoms with Crippen LogP contribution < -0.4 is 4.74 Å². The van der Waals surface area contributed by atoms with E-state index in [2.05, 4.69) is 0 Å². The van der Waals surface area contributed by atoms with Crippen molar-refractivity contribution in [1.82, 2.24) is 0 Å². The third kappa shape index (κ3) is 3.35. The third-order valence-electron chi connectivity index (χ3n) is 3.31. The Kier molecular flexibility index (Phi) is 4.04. The van der Waals surface area contributed by atoms with Gasteiger partial charge in [-0.3, -0.25) is 0 Å². The standard InChI is InChI=1S/C18H14O4S/c1-11-18(15-8-5-13(19)10-16(15)23-11)22-14-6-2-12(3-7-14)4-9-17(20)21/h2-10,19H,1H3,(H,20,21)/b9-4+. The van der Waals surface area contributed by atoms with Gasteiger partial charge in [0.2, 0.25) is 0 Å². The quantitative estimate of drug-likeness (QED) is 0.676. The van der Waals surface area contributed by atoms with E-state index in [0.29, 0.717) is 5.75 Å². The lowest BCUT2D eigenvalue weighted by atomic mass is 10.2. The molecule has 116 valence electrons. The Balaban J connectivity index is 1.87. The molecule has 1 heterocycles. The number of phenolic OH excluding ortho intramolecular Hbond substituents is 1. The molecule has 0 aliphatic heterocycles. The lowest BCUT2D eigenvalue weighted by molar-refractivity contribution is -0.131. The van der Waals surface area contributed by atoms with Crippen LogP contribution in [0.25, 0.3) is 16.2 Å². The number of carboxylic acid groups (broad SMARTS) is 1. The predicted octanol–water partition coefficient (Wildman–Crippen LogP) is 4.81. The zero-order valence-electron chi connectivity index (χ0n) is 12.3. The molecule has 3 aromatic rings. The van der Waals surface area contributed by atoms with Crippen molar-refractivity contribution in [2.45, 2.75) is 6.92 Å². The van der Waals surface area contributed by atoms with Crippen molar-refractivity contribution in [1.29, 1.82) is 0 Å². The summed E-state index contributed by atoms with van der Waals surface area (Å²) < 4.78 is 6.94. The van der Waals surface area contributed by atoms with E-state index in [9.17, 15) is 9.90 Å². The van der Waals surface area contributed by atoms with Crippen molar-refractivity contribution in [2.75, 3.05) is 0 Å². The van der Waals surface area contributed by atoms with Gasteiger partial charge >= 0.3 is 5.97 Å². The Hall–Kier alpha value is -2.79. The maximum atomic E-state index is 10.5. The third-order valence-corrected chi connectivity index (χ3v) is 4.36. The molecule has 0 saturated heterocycles. The summed E-state index contributed by atoms with van der Waals surface area (Å²) in [5, 5.41) is 19.1. The second kappa shape index (κ2) is 6.14. The molecule has 1 aromatic heterocycles. The van der Waals surface area contributed by atoms with Crippen molar-refractivity contribution >= 4 is 33.5 Å². The van der Waals surface area contributed by atoms with Crippen LogP contribution in [0.3, 0.4) is 0 Å². The van der Waals surface area contributed by atoms with Gasteiger partial charge < -0.3 is 14.9 Å². The number of aliphatic carboxylic acids is 1. The largest absolute Gasteiger partial charge is 0.508 e. The van der Waals surface area contributed by atoms with Gasteiger partial charge in [0.05, 0.1) is 0 Å². The molecule has 4 nitrogen and oxygen atoms in total. The van der Waals surface area contributed by atoms with Gasteiger partial charge in [-0.25, -0.2) is 4.79 Å². The maximum Gasteiger partial charge on any atom is 0.328 e. The van der Waals surface area contributed by atoms with Gasteiger partial charge in [0.1, 0.15) is 17.2 Å². The van der Waals surface area contributed by atoms with Gasteiger partial charge in [0.25, 0.3) is 0 Å². The van der Waals surface area contributed by atoms with Crippen molar-refractivity contribution in [2.24, 2.45) is 0 Å². The number of carboxylic acids is 1. The van der Waals surface area contributed by atoms with E-state index in [1.807, 2.05) is 13.0 Å². The molecule has 0 radical (unpaired) electrons. The SMILES string of the molecule is Cc1sc2cc(O)ccc2c1Oc1ccc(/C=C/C(=O)O)cc1. The Bertz CT molecular complexity index is 891. The molecular weight excluding hydrogens is 312 g/mol. The summed E-state index contributed by atoms with van der Waals surface area (Å²) in [7, 11) is 0. The van der Waals surface area contributed by atoms with E-state index < -0.39 is 5.97 Å². The van der Waals surface area contributed by atoms with Gasteiger partial charge in [-0.1, -0.05) is 12.1 Å². The van der Waals surface area contributed by atoms with Crippen LogP contribution in [-0.2, 0) is 4.79 Å². The number of fused-ring (bicyclic) bond motifs is 1. The summed E-state index contributed by atoms with van der Waals surface area (Å²) in [4.78, 5) is 11.5. The fraction of sp³-hybridized carbons (Fsp3) is 0.0556. The van der Waals surface area contributed by atoms with Crippen LogP contribution in [0.4, 0.5) is 0 Å². The molecule has 0 aliphatic rings. The summed E-state index contributed by atoms with van der Waals surface area (Å²) in [5.74, 6) is 0.709. The first kappa shape index (κ1) is 15.1. The highest BCUT2D eigenvalue weighted by molar-refractivity contribution is 7.19. The normalized spacial score (nSPS) is 11.2. The molecule has 0 amide bonds. The Morgan fingerprint density at radius 3 is 2.61 bits per heavy atom. The molecule has 0 unspecified atom stereocenters. The zero-order valence-corrected chi connectivity index (χ0v) is 13.1. The molecule has 0 fully saturated rings. The van der Waals surface area contributed by atoms with Crippen molar-refractivity contribution in [3.05, 3.63) is 59.0 Å². The fourth-order valence-corrected chi connectivity index (χ4v) is 3.27. The van der Waals surface area contributed by atoms with E-state index in [1.54, 1.807) is 47.7 Å². The predicted molar refractivity (Wildman–Crippen MR) is 91.4 cm³/mol. The molecule has 0 atom stereocenters. The minimum absolute atomic E-state index is 0.236. The number of aryl methyl sites for hydroxylation is 1. The molecule has 2 aromatic carbocycles. The molecule has 23 heavy (non-hydrogen) atoms. The van der Waals surface area contributed by atoms with Gasteiger partial charge in [-0.2, -0.15) is 0 Å². The molecule has 5 heteroatoms. The number of rotatable bonds is 4. The van der Waals surface area contributed by atoms with Gasteiger partial charge in [-0.05, 0) is 48.9 Å². The van der Waals surface area contributed by atoms with E-state index in [4.69, 9.17) is 9.84 Å². The van der Waals surface area contributed by atoms with E-state index in [0.717, 1.165) is 32.4 Å². The van der Waals surface area contributed by atoms with Crippen molar-refractivity contribution in [3.8, 4) is 17.2 Å². The maximum absolute atomic E-state index is 10.5. The number of hydrogen-bond donors (Lipinski definition) is 2. The zero-order chi connectivity index (χ0) is 16.4. The minimum atomic E-state index is -0.978.